The van der Waals surface area contributed by atoms with Crippen LogP contribution in [0.2, 0.25) is 0 Å². The van der Waals surface area contributed by atoms with Crippen LogP contribution in [-0.4, -0.2) is 53.8 Å². The minimum atomic E-state index is -0.652. The second kappa shape index (κ2) is 8.38. The van der Waals surface area contributed by atoms with Crippen LogP contribution in [0.1, 0.15) is 33.6 Å². The maximum atomic E-state index is 12.0. The number of likely N-dealkylation sites (tertiary alicyclic amines) is 1. The van der Waals surface area contributed by atoms with Crippen molar-refractivity contribution in [3.63, 3.8) is 0 Å². The third kappa shape index (κ3) is 5.49. The zero-order valence-electron chi connectivity index (χ0n) is 13.3. The monoisotopic (exact) mass is 332 g/mol. The van der Waals surface area contributed by atoms with E-state index in [1.807, 2.05) is 0 Å². The molecule has 1 rings (SSSR count). The predicted octanol–water partition coefficient (Wildman–Crippen LogP) is 1.35. The molecule has 126 valence electrons. The van der Waals surface area contributed by atoms with Crippen LogP contribution in [0.4, 0.5) is 4.79 Å². The normalized spacial score (nSPS) is 18.2. The Balaban J connectivity index is 2.44. The van der Waals surface area contributed by atoms with E-state index in [-0.39, 0.29) is 5.24 Å². The lowest BCUT2D eigenvalue weighted by atomic mass is 9.98. The van der Waals surface area contributed by atoms with E-state index in [1.165, 1.54) is 4.90 Å². The highest BCUT2D eigenvalue weighted by Gasteiger charge is 2.35. The van der Waals surface area contributed by atoms with Gasteiger partial charge in [0, 0.05) is 18.8 Å². The molecule has 0 radical (unpaired) electrons. The van der Waals surface area contributed by atoms with Gasteiger partial charge in [0.1, 0.15) is 6.04 Å². The number of hydrogen-bond donors (Lipinski definition) is 1. The molecule has 1 atom stereocenters. The first-order valence-corrected chi connectivity index (χ1v) is 8.23. The fraction of sp³-hybridized carbons (Fsp3) is 0.786. The van der Waals surface area contributed by atoms with Gasteiger partial charge in [-0.3, -0.25) is 9.59 Å². The molecule has 1 amide bonds. The Hall–Kier alpha value is -1.28. The van der Waals surface area contributed by atoms with E-state index in [2.05, 4.69) is 0 Å². The Bertz CT molecular complexity index is 422. The summed E-state index contributed by atoms with van der Waals surface area (Å²) in [7, 11) is 0. The van der Waals surface area contributed by atoms with E-state index < -0.39 is 30.2 Å². The van der Waals surface area contributed by atoms with Gasteiger partial charge in [-0.15, -0.1) is 0 Å². The van der Waals surface area contributed by atoms with E-state index in [9.17, 15) is 14.4 Å². The van der Waals surface area contributed by atoms with E-state index >= 15 is 0 Å². The topological polar surface area (TPSA) is 98.9 Å². The quantitative estimate of drug-likeness (QED) is 0.599. The van der Waals surface area contributed by atoms with Gasteiger partial charge < -0.3 is 20.1 Å². The number of hydrogen-bond acceptors (Lipinski definition) is 7. The van der Waals surface area contributed by atoms with Crippen LogP contribution in [0.3, 0.4) is 0 Å². The first-order chi connectivity index (χ1) is 10.3. The number of carbonyl (C=O) groups excluding carboxylic acids is 3. The third-order valence-electron chi connectivity index (χ3n) is 3.11. The maximum absolute atomic E-state index is 12.0. The maximum Gasteiger partial charge on any atom is 0.331 e. The average Bonchev–Trinajstić information content (AvgIpc) is 2.92. The van der Waals surface area contributed by atoms with Crippen LogP contribution in [-0.2, 0) is 19.1 Å². The molecule has 1 fully saturated rings. The highest BCUT2D eigenvalue weighted by molar-refractivity contribution is 8.13. The van der Waals surface area contributed by atoms with Crippen molar-refractivity contribution in [2.24, 2.45) is 11.1 Å². The number of carbonyl (C=O) groups is 3. The molecule has 0 aromatic carbocycles. The van der Waals surface area contributed by atoms with Crippen LogP contribution >= 0.6 is 11.8 Å². The molecule has 2 N–H and O–H groups in total. The zero-order valence-corrected chi connectivity index (χ0v) is 14.1. The molecule has 8 heteroatoms. The first kappa shape index (κ1) is 18.8. The summed E-state index contributed by atoms with van der Waals surface area (Å²) in [5.74, 6) is -0.473. The molecular weight excluding hydrogens is 308 g/mol. The standard InChI is InChI=1S/C14H24N2O5S/c1-14(2,3)12(18)21-9-20-11(17)10-5-4-7-16(10)13(19)22-8-6-15/h10H,4-9,15H2,1-3H3. The summed E-state index contributed by atoms with van der Waals surface area (Å²) in [6, 6.07) is -0.605. The molecule has 1 saturated heterocycles. The first-order valence-electron chi connectivity index (χ1n) is 7.24. The van der Waals surface area contributed by atoms with E-state index in [0.717, 1.165) is 18.2 Å². The number of thioether (sulfide) groups is 1. The van der Waals surface area contributed by atoms with Gasteiger partial charge in [-0.25, -0.2) is 4.79 Å². The molecule has 0 bridgehead atoms. The molecule has 1 unspecified atom stereocenters. The largest absolute Gasteiger partial charge is 0.427 e. The van der Waals surface area contributed by atoms with Gasteiger partial charge in [-0.2, -0.15) is 0 Å². The molecule has 0 aromatic rings. The Labute approximate surface area is 134 Å². The van der Waals surface area contributed by atoms with Crippen LogP contribution in [0.5, 0.6) is 0 Å². The second-order valence-corrected chi connectivity index (χ2v) is 7.06. The summed E-state index contributed by atoms with van der Waals surface area (Å²) >= 11 is 1.10. The van der Waals surface area contributed by atoms with Crippen LogP contribution in [0.15, 0.2) is 0 Å². The van der Waals surface area contributed by atoms with Gasteiger partial charge in [-0.05, 0) is 33.6 Å². The summed E-state index contributed by atoms with van der Waals surface area (Å²) in [6.45, 7) is 5.64. The number of ether oxygens (including phenoxy) is 2. The van der Waals surface area contributed by atoms with Gasteiger partial charge in [-0.1, -0.05) is 11.8 Å². The van der Waals surface area contributed by atoms with E-state index in [0.29, 0.717) is 25.3 Å². The molecule has 1 aliphatic heterocycles. The lowest BCUT2D eigenvalue weighted by molar-refractivity contribution is -0.175. The molecule has 1 heterocycles. The average molecular weight is 332 g/mol. The van der Waals surface area contributed by atoms with Crippen molar-refractivity contribution in [3.05, 3.63) is 0 Å². The zero-order chi connectivity index (χ0) is 16.8. The molecule has 22 heavy (non-hydrogen) atoms. The van der Waals surface area contributed by atoms with E-state index in [1.54, 1.807) is 20.8 Å². The Morgan fingerprint density at radius 3 is 2.55 bits per heavy atom. The summed E-state index contributed by atoms with van der Waals surface area (Å²) in [5.41, 5.74) is 4.72. The summed E-state index contributed by atoms with van der Waals surface area (Å²) in [5, 5.41) is -0.170. The number of rotatable bonds is 5. The molecule has 0 saturated carbocycles. The van der Waals surface area contributed by atoms with E-state index in [4.69, 9.17) is 15.2 Å². The van der Waals surface area contributed by atoms with Gasteiger partial charge in [0.25, 0.3) is 5.24 Å². The van der Waals surface area contributed by atoms with Crippen molar-refractivity contribution in [2.75, 3.05) is 25.6 Å². The Kier molecular flexibility index (Phi) is 7.15. The number of esters is 2. The summed E-state index contributed by atoms with van der Waals surface area (Å²) in [6.07, 6.45) is 1.30. The molecule has 0 aromatic heterocycles. The molecular formula is C14H24N2O5S. The molecule has 1 aliphatic rings. The lowest BCUT2D eigenvalue weighted by Crippen LogP contribution is -2.40. The fourth-order valence-electron chi connectivity index (χ4n) is 1.91. The number of amides is 1. The minimum Gasteiger partial charge on any atom is -0.427 e. The highest BCUT2D eigenvalue weighted by atomic mass is 32.2. The number of nitrogens with two attached hydrogens (primary N) is 1. The smallest absolute Gasteiger partial charge is 0.331 e. The van der Waals surface area contributed by atoms with Crippen molar-refractivity contribution in [3.8, 4) is 0 Å². The lowest BCUT2D eigenvalue weighted by Gasteiger charge is -2.23. The summed E-state index contributed by atoms with van der Waals surface area (Å²) < 4.78 is 9.86. The third-order valence-corrected chi connectivity index (χ3v) is 4.03. The number of nitrogens with zero attached hydrogens (tertiary/aromatic N) is 1. The van der Waals surface area contributed by atoms with Crippen molar-refractivity contribution in [2.45, 2.75) is 39.7 Å². The summed E-state index contributed by atoms with van der Waals surface area (Å²) in [4.78, 5) is 37.1. The van der Waals surface area contributed by atoms with Gasteiger partial charge >= 0.3 is 11.9 Å². The predicted molar refractivity (Wildman–Crippen MR) is 83.1 cm³/mol. The van der Waals surface area contributed by atoms with Crippen molar-refractivity contribution < 1.29 is 23.9 Å². The highest BCUT2D eigenvalue weighted by Crippen LogP contribution is 2.23. The SMILES string of the molecule is CC(C)(C)C(=O)OCOC(=O)C1CCCN1C(=O)SCCN. The minimum absolute atomic E-state index is 0.170. The van der Waals surface area contributed by atoms with Crippen LogP contribution < -0.4 is 5.73 Å². The second-order valence-electron chi connectivity index (χ2n) is 6.02. The van der Waals surface area contributed by atoms with Gasteiger partial charge in [0.15, 0.2) is 0 Å². The van der Waals surface area contributed by atoms with Crippen LogP contribution in [0.25, 0.3) is 0 Å². The van der Waals surface area contributed by atoms with Crippen molar-refractivity contribution in [1.82, 2.24) is 4.90 Å². The fourth-order valence-corrected chi connectivity index (χ4v) is 2.59. The van der Waals surface area contributed by atoms with Gasteiger partial charge in [0.2, 0.25) is 6.79 Å². The Morgan fingerprint density at radius 1 is 1.27 bits per heavy atom. The Morgan fingerprint density at radius 2 is 1.95 bits per heavy atom. The molecule has 0 spiro atoms. The van der Waals surface area contributed by atoms with Crippen molar-refractivity contribution in [1.29, 1.82) is 0 Å². The van der Waals surface area contributed by atoms with Gasteiger partial charge in [0.05, 0.1) is 5.41 Å². The molecule has 0 aliphatic carbocycles. The van der Waals surface area contributed by atoms with Crippen molar-refractivity contribution >= 4 is 28.9 Å². The molecule has 7 nitrogen and oxygen atoms in total. The van der Waals surface area contributed by atoms with Crippen LogP contribution in [0, 0.1) is 5.41 Å².